The van der Waals surface area contributed by atoms with E-state index in [4.69, 9.17) is 16.3 Å². The van der Waals surface area contributed by atoms with E-state index < -0.39 is 11.0 Å². The number of fused-ring (bicyclic) bond motifs is 3. The Labute approximate surface area is 144 Å². The van der Waals surface area contributed by atoms with Crippen LogP contribution in [0.4, 0.5) is 0 Å². The fourth-order valence-corrected chi connectivity index (χ4v) is 3.56. The summed E-state index contributed by atoms with van der Waals surface area (Å²) >= 11 is 5.48. The van der Waals surface area contributed by atoms with Gasteiger partial charge in [0.05, 0.1) is 12.2 Å². The van der Waals surface area contributed by atoms with Gasteiger partial charge in [-0.1, -0.05) is 18.2 Å². The maximum Gasteiger partial charge on any atom is 0.302 e. The SMILES string of the molecule is CC(=O)OCC1CCCn2c(c(C(=O)C(=O)Cl)c3ccccc32)C1. The van der Waals surface area contributed by atoms with Crippen LogP contribution in [0.3, 0.4) is 0 Å². The molecule has 1 atom stereocenters. The summed E-state index contributed by atoms with van der Waals surface area (Å²) in [5.74, 6) is -0.863. The van der Waals surface area contributed by atoms with E-state index in [1.54, 1.807) is 0 Å². The molecule has 1 unspecified atom stereocenters. The normalized spacial score (nSPS) is 17.2. The zero-order valence-corrected chi connectivity index (χ0v) is 14.1. The predicted octanol–water partition coefficient (Wildman–Crippen LogP) is 3.11. The standard InChI is InChI=1S/C18H18ClNO4/c1-11(21)24-10-12-5-4-8-20-14-7-3-2-6-13(14)16(15(20)9-12)17(22)18(19)23/h2-3,6-7,12H,4-5,8-10H2,1H3. The number of esters is 1. The number of ether oxygens (including phenoxy) is 1. The molecule has 2 heterocycles. The van der Waals surface area contributed by atoms with Gasteiger partial charge in [0.1, 0.15) is 0 Å². The van der Waals surface area contributed by atoms with E-state index in [9.17, 15) is 14.4 Å². The largest absolute Gasteiger partial charge is 0.466 e. The summed E-state index contributed by atoms with van der Waals surface area (Å²) in [5, 5.41) is -0.227. The minimum absolute atomic E-state index is 0.122. The van der Waals surface area contributed by atoms with Crippen LogP contribution in [-0.4, -0.2) is 28.2 Å². The zero-order chi connectivity index (χ0) is 17.3. The second-order valence-corrected chi connectivity index (χ2v) is 6.45. The molecule has 0 spiro atoms. The van der Waals surface area contributed by atoms with E-state index in [-0.39, 0.29) is 11.9 Å². The van der Waals surface area contributed by atoms with Crippen molar-refractivity contribution < 1.29 is 19.1 Å². The Bertz CT molecular complexity index is 824. The monoisotopic (exact) mass is 347 g/mol. The fourth-order valence-electron chi connectivity index (χ4n) is 3.47. The molecule has 0 bridgehead atoms. The molecule has 0 aliphatic carbocycles. The van der Waals surface area contributed by atoms with E-state index in [1.165, 1.54) is 6.92 Å². The molecule has 1 aromatic heterocycles. The first-order valence-electron chi connectivity index (χ1n) is 7.96. The van der Waals surface area contributed by atoms with Crippen LogP contribution in [0.15, 0.2) is 24.3 Å². The van der Waals surface area contributed by atoms with E-state index in [0.29, 0.717) is 18.6 Å². The van der Waals surface area contributed by atoms with Crippen LogP contribution in [0.5, 0.6) is 0 Å². The lowest BCUT2D eigenvalue weighted by molar-refractivity contribution is -0.142. The van der Waals surface area contributed by atoms with Crippen molar-refractivity contribution in [2.75, 3.05) is 6.61 Å². The van der Waals surface area contributed by atoms with Crippen LogP contribution < -0.4 is 0 Å². The smallest absolute Gasteiger partial charge is 0.302 e. The number of carbonyl (C=O) groups is 3. The molecule has 1 aliphatic heterocycles. The van der Waals surface area contributed by atoms with Crippen molar-refractivity contribution in [2.24, 2.45) is 5.92 Å². The second-order valence-electron chi connectivity index (χ2n) is 6.11. The Morgan fingerprint density at radius 1 is 1.29 bits per heavy atom. The molecule has 1 aromatic carbocycles. The molecule has 0 amide bonds. The highest BCUT2D eigenvalue weighted by Gasteiger charge is 2.29. The van der Waals surface area contributed by atoms with Crippen molar-refractivity contribution in [1.29, 1.82) is 0 Å². The molecule has 0 fully saturated rings. The van der Waals surface area contributed by atoms with Gasteiger partial charge in [-0.15, -0.1) is 0 Å². The molecule has 1 aliphatic rings. The third-order valence-electron chi connectivity index (χ3n) is 4.48. The lowest BCUT2D eigenvalue weighted by Gasteiger charge is -2.14. The van der Waals surface area contributed by atoms with Crippen LogP contribution in [0, 0.1) is 5.92 Å². The predicted molar refractivity (Wildman–Crippen MR) is 90.2 cm³/mol. The lowest BCUT2D eigenvalue weighted by Crippen LogP contribution is -2.17. The highest BCUT2D eigenvalue weighted by molar-refractivity contribution is 6.83. The highest BCUT2D eigenvalue weighted by Crippen LogP contribution is 2.32. The molecule has 3 rings (SSSR count). The summed E-state index contributed by atoms with van der Waals surface area (Å²) in [6.45, 7) is 2.46. The Hall–Kier alpha value is -2.14. The number of rotatable bonds is 4. The van der Waals surface area contributed by atoms with E-state index >= 15 is 0 Å². The Morgan fingerprint density at radius 3 is 2.75 bits per heavy atom. The average Bonchev–Trinajstić information content (AvgIpc) is 2.71. The first kappa shape index (κ1) is 16.7. The molecular formula is C18H18ClNO4. The van der Waals surface area contributed by atoms with Crippen molar-refractivity contribution in [1.82, 2.24) is 4.57 Å². The van der Waals surface area contributed by atoms with Crippen LogP contribution in [0.2, 0.25) is 0 Å². The van der Waals surface area contributed by atoms with Crippen molar-refractivity contribution in [2.45, 2.75) is 32.7 Å². The molecule has 6 heteroatoms. The van der Waals surface area contributed by atoms with Crippen molar-refractivity contribution in [3.63, 3.8) is 0 Å². The Balaban J connectivity index is 2.08. The van der Waals surface area contributed by atoms with Gasteiger partial charge >= 0.3 is 5.97 Å². The summed E-state index contributed by atoms with van der Waals surface area (Å²) in [4.78, 5) is 35.0. The summed E-state index contributed by atoms with van der Waals surface area (Å²) < 4.78 is 7.24. The van der Waals surface area contributed by atoms with Gasteiger partial charge in [0, 0.05) is 30.1 Å². The fraction of sp³-hybridized carbons (Fsp3) is 0.389. The number of nitrogens with zero attached hydrogens (tertiary/aromatic N) is 1. The number of aromatic nitrogens is 1. The topological polar surface area (TPSA) is 65.4 Å². The number of ketones is 1. The number of halogens is 1. The third-order valence-corrected chi connectivity index (χ3v) is 4.65. The number of hydrogen-bond acceptors (Lipinski definition) is 4. The first-order valence-corrected chi connectivity index (χ1v) is 8.34. The number of benzene rings is 1. The minimum atomic E-state index is -0.977. The van der Waals surface area contributed by atoms with Gasteiger partial charge in [-0.3, -0.25) is 14.4 Å². The Morgan fingerprint density at radius 2 is 2.04 bits per heavy atom. The number of Topliss-reactive ketones (excluding diaryl/α,β-unsaturated/α-hetero) is 1. The van der Waals surface area contributed by atoms with Gasteiger partial charge in [-0.25, -0.2) is 0 Å². The maximum atomic E-state index is 12.4. The Kier molecular flexibility index (Phi) is 4.71. The summed E-state index contributed by atoms with van der Waals surface area (Å²) in [6, 6.07) is 7.54. The van der Waals surface area contributed by atoms with Gasteiger partial charge < -0.3 is 9.30 Å². The molecular weight excluding hydrogens is 330 g/mol. The van der Waals surface area contributed by atoms with Crippen LogP contribution >= 0.6 is 11.6 Å². The van der Waals surface area contributed by atoms with Gasteiger partial charge in [0.15, 0.2) is 0 Å². The van der Waals surface area contributed by atoms with Gasteiger partial charge in [0.25, 0.3) is 5.24 Å². The molecule has 0 radical (unpaired) electrons. The van der Waals surface area contributed by atoms with Crippen LogP contribution in [-0.2, 0) is 27.3 Å². The quantitative estimate of drug-likeness (QED) is 0.369. The van der Waals surface area contributed by atoms with Crippen molar-refractivity contribution in [3.8, 4) is 0 Å². The zero-order valence-electron chi connectivity index (χ0n) is 13.4. The minimum Gasteiger partial charge on any atom is -0.466 e. The van der Waals surface area contributed by atoms with Crippen molar-refractivity contribution >= 4 is 39.5 Å². The number of carbonyl (C=O) groups excluding carboxylic acids is 3. The molecule has 126 valence electrons. The molecule has 0 saturated carbocycles. The molecule has 0 saturated heterocycles. The first-order chi connectivity index (χ1) is 11.5. The molecule has 24 heavy (non-hydrogen) atoms. The maximum absolute atomic E-state index is 12.4. The van der Waals surface area contributed by atoms with Gasteiger partial charge in [-0.05, 0) is 42.8 Å². The number of hydrogen-bond donors (Lipinski definition) is 0. The molecule has 0 N–H and O–H groups in total. The van der Waals surface area contributed by atoms with E-state index in [2.05, 4.69) is 4.57 Å². The van der Waals surface area contributed by atoms with Crippen molar-refractivity contribution in [3.05, 3.63) is 35.5 Å². The molecule has 2 aromatic rings. The summed E-state index contributed by atoms with van der Waals surface area (Å²) in [7, 11) is 0. The third kappa shape index (κ3) is 3.08. The number of aryl methyl sites for hydroxylation is 1. The average molecular weight is 348 g/mol. The van der Waals surface area contributed by atoms with Crippen LogP contribution in [0.1, 0.15) is 35.8 Å². The molecule has 5 nitrogen and oxygen atoms in total. The second kappa shape index (κ2) is 6.77. The summed E-state index contributed by atoms with van der Waals surface area (Å²) in [5.41, 5.74) is 2.13. The van der Waals surface area contributed by atoms with E-state index in [1.807, 2.05) is 24.3 Å². The summed E-state index contributed by atoms with van der Waals surface area (Å²) in [6.07, 6.45) is 2.39. The van der Waals surface area contributed by atoms with Gasteiger partial charge in [-0.2, -0.15) is 0 Å². The van der Waals surface area contributed by atoms with E-state index in [0.717, 1.165) is 36.0 Å². The highest BCUT2D eigenvalue weighted by atomic mass is 35.5. The lowest BCUT2D eigenvalue weighted by atomic mass is 9.96. The number of para-hydroxylation sites is 1. The van der Waals surface area contributed by atoms with Crippen LogP contribution in [0.25, 0.3) is 10.9 Å². The van der Waals surface area contributed by atoms with Gasteiger partial charge in [0.2, 0.25) is 5.78 Å².